The largest absolute Gasteiger partial charge is 0.465 e. The van der Waals surface area contributed by atoms with Gasteiger partial charge in [0, 0.05) is 32.2 Å². The molecule has 2 aromatic carbocycles. The van der Waals surface area contributed by atoms with Crippen LogP contribution in [0.2, 0.25) is 0 Å². The van der Waals surface area contributed by atoms with Gasteiger partial charge >= 0.3 is 5.97 Å². The van der Waals surface area contributed by atoms with Gasteiger partial charge in [-0.25, -0.2) is 4.79 Å². The Kier molecular flexibility index (Phi) is 7.63. The highest BCUT2D eigenvalue weighted by Crippen LogP contribution is 2.19. The zero-order valence-electron chi connectivity index (χ0n) is 18.3. The van der Waals surface area contributed by atoms with Gasteiger partial charge < -0.3 is 14.5 Å². The second kappa shape index (κ2) is 10.4. The number of hydrogen-bond acceptors (Lipinski definition) is 4. The number of benzene rings is 2. The molecule has 5 nitrogen and oxygen atoms in total. The third-order valence-electron chi connectivity index (χ3n) is 5.97. The summed E-state index contributed by atoms with van der Waals surface area (Å²) in [5.74, 6) is -0.0185. The SMILES string of the molecule is COC(=O)c1cccc(C(=O)N(C)CC2CCCN(CCc3ccccc3C)C2)c1. The molecule has 1 atom stereocenters. The van der Waals surface area contributed by atoms with Crippen LogP contribution >= 0.6 is 0 Å². The van der Waals surface area contributed by atoms with Crippen LogP contribution in [0.3, 0.4) is 0 Å². The molecule has 0 radical (unpaired) electrons. The molecule has 1 fully saturated rings. The van der Waals surface area contributed by atoms with Crippen LogP contribution in [0.1, 0.15) is 44.7 Å². The standard InChI is InChI=1S/C25H32N2O3/c1-19-8-4-5-10-21(19)13-15-27-14-7-9-20(18-27)17-26(2)24(28)22-11-6-12-23(16-22)25(29)30-3/h4-6,8,10-12,16,20H,7,9,13-15,17-18H2,1-3H3. The highest BCUT2D eigenvalue weighted by molar-refractivity contribution is 5.97. The van der Waals surface area contributed by atoms with Crippen LogP contribution < -0.4 is 0 Å². The molecule has 0 saturated carbocycles. The van der Waals surface area contributed by atoms with Crippen LogP contribution in [-0.2, 0) is 11.2 Å². The van der Waals surface area contributed by atoms with E-state index in [1.165, 1.54) is 18.2 Å². The lowest BCUT2D eigenvalue weighted by Gasteiger charge is -2.35. The van der Waals surface area contributed by atoms with Crippen molar-refractivity contribution < 1.29 is 14.3 Å². The molecule has 1 saturated heterocycles. The van der Waals surface area contributed by atoms with Crippen LogP contribution in [-0.4, -0.2) is 62.0 Å². The molecule has 5 heteroatoms. The van der Waals surface area contributed by atoms with E-state index in [1.807, 2.05) is 7.05 Å². The first kappa shape index (κ1) is 22.0. The molecule has 0 bridgehead atoms. The van der Waals surface area contributed by atoms with E-state index < -0.39 is 5.97 Å². The molecule has 1 aliphatic heterocycles. The summed E-state index contributed by atoms with van der Waals surface area (Å²) in [4.78, 5) is 28.9. The Balaban J connectivity index is 1.54. The van der Waals surface area contributed by atoms with E-state index in [0.717, 1.165) is 45.4 Å². The predicted octanol–water partition coefficient (Wildman–Crippen LogP) is 3.81. The van der Waals surface area contributed by atoms with E-state index in [0.29, 0.717) is 17.0 Å². The maximum atomic E-state index is 12.9. The Morgan fingerprint density at radius 2 is 1.90 bits per heavy atom. The fourth-order valence-corrected chi connectivity index (χ4v) is 4.26. The van der Waals surface area contributed by atoms with Gasteiger partial charge in [0.25, 0.3) is 5.91 Å². The van der Waals surface area contributed by atoms with Gasteiger partial charge in [0.2, 0.25) is 0 Å². The van der Waals surface area contributed by atoms with E-state index in [1.54, 1.807) is 29.2 Å². The summed E-state index contributed by atoms with van der Waals surface area (Å²) < 4.78 is 4.76. The number of esters is 1. The number of methoxy groups -OCH3 is 1. The summed E-state index contributed by atoms with van der Waals surface area (Å²) in [6, 6.07) is 15.3. The fraction of sp³-hybridized carbons (Fsp3) is 0.440. The maximum absolute atomic E-state index is 12.9. The smallest absolute Gasteiger partial charge is 0.337 e. The minimum absolute atomic E-state index is 0.0576. The summed E-state index contributed by atoms with van der Waals surface area (Å²) >= 11 is 0. The molecule has 1 heterocycles. The van der Waals surface area contributed by atoms with Crippen molar-refractivity contribution >= 4 is 11.9 Å². The average Bonchev–Trinajstić information content (AvgIpc) is 2.77. The number of carbonyl (C=O) groups excluding carboxylic acids is 2. The van der Waals surface area contributed by atoms with Crippen molar-refractivity contribution in [1.82, 2.24) is 9.80 Å². The Labute approximate surface area is 179 Å². The summed E-state index contributed by atoms with van der Waals surface area (Å²) in [5.41, 5.74) is 3.69. The Morgan fingerprint density at radius 3 is 2.67 bits per heavy atom. The first-order valence-corrected chi connectivity index (χ1v) is 10.7. The summed E-state index contributed by atoms with van der Waals surface area (Å²) in [7, 11) is 3.19. The van der Waals surface area contributed by atoms with Gasteiger partial charge in [-0.05, 0) is 68.0 Å². The van der Waals surface area contributed by atoms with Crippen molar-refractivity contribution in [2.75, 3.05) is 40.3 Å². The van der Waals surface area contributed by atoms with Crippen LogP contribution in [0.4, 0.5) is 0 Å². The lowest BCUT2D eigenvalue weighted by atomic mass is 9.96. The molecule has 2 aromatic rings. The highest BCUT2D eigenvalue weighted by atomic mass is 16.5. The zero-order valence-corrected chi connectivity index (χ0v) is 18.3. The number of carbonyl (C=O) groups is 2. The number of rotatable bonds is 7. The summed E-state index contributed by atoms with van der Waals surface area (Å²) in [5, 5.41) is 0. The Bertz CT molecular complexity index is 880. The lowest BCUT2D eigenvalue weighted by molar-refractivity contribution is 0.0600. The second-order valence-electron chi connectivity index (χ2n) is 8.24. The first-order chi connectivity index (χ1) is 14.5. The van der Waals surface area contributed by atoms with Gasteiger partial charge in [0.05, 0.1) is 12.7 Å². The van der Waals surface area contributed by atoms with Gasteiger partial charge in [-0.1, -0.05) is 30.3 Å². The Morgan fingerprint density at radius 1 is 1.13 bits per heavy atom. The van der Waals surface area contributed by atoms with Crippen molar-refractivity contribution in [3.63, 3.8) is 0 Å². The third-order valence-corrected chi connectivity index (χ3v) is 5.97. The molecule has 160 valence electrons. The molecule has 0 N–H and O–H groups in total. The summed E-state index contributed by atoms with van der Waals surface area (Å²) in [6.45, 7) is 6.10. The number of piperidine rings is 1. The molecule has 3 rings (SSSR count). The van der Waals surface area contributed by atoms with Gasteiger partial charge in [-0.3, -0.25) is 4.79 Å². The van der Waals surface area contributed by atoms with E-state index >= 15 is 0 Å². The third kappa shape index (κ3) is 5.70. The van der Waals surface area contributed by atoms with E-state index in [-0.39, 0.29) is 5.91 Å². The number of nitrogens with zero attached hydrogens (tertiary/aromatic N) is 2. The molecular formula is C25H32N2O3. The quantitative estimate of drug-likeness (QED) is 0.654. The van der Waals surface area contributed by atoms with Crippen molar-refractivity contribution in [3.8, 4) is 0 Å². The minimum atomic E-state index is -0.427. The molecule has 1 aliphatic rings. The van der Waals surface area contributed by atoms with Gasteiger partial charge in [-0.2, -0.15) is 0 Å². The number of aryl methyl sites for hydroxylation is 1. The van der Waals surface area contributed by atoms with Crippen molar-refractivity contribution in [3.05, 3.63) is 70.8 Å². The Hall–Kier alpha value is -2.66. The van der Waals surface area contributed by atoms with E-state index in [4.69, 9.17) is 4.74 Å². The van der Waals surface area contributed by atoms with Crippen molar-refractivity contribution in [2.24, 2.45) is 5.92 Å². The first-order valence-electron chi connectivity index (χ1n) is 10.7. The van der Waals surface area contributed by atoms with Crippen LogP contribution in [0, 0.1) is 12.8 Å². The highest BCUT2D eigenvalue weighted by Gasteiger charge is 2.23. The normalized spacial score (nSPS) is 16.8. The van der Waals surface area contributed by atoms with Crippen LogP contribution in [0.15, 0.2) is 48.5 Å². The second-order valence-corrected chi connectivity index (χ2v) is 8.24. The van der Waals surface area contributed by atoms with Gasteiger partial charge in [0.15, 0.2) is 0 Å². The fourth-order valence-electron chi connectivity index (χ4n) is 4.26. The van der Waals surface area contributed by atoms with E-state index in [9.17, 15) is 9.59 Å². The lowest BCUT2D eigenvalue weighted by Crippen LogP contribution is -2.42. The van der Waals surface area contributed by atoms with Crippen molar-refractivity contribution in [1.29, 1.82) is 0 Å². The molecule has 0 spiro atoms. The molecule has 0 aromatic heterocycles. The monoisotopic (exact) mass is 408 g/mol. The molecule has 1 amide bonds. The van der Waals surface area contributed by atoms with Gasteiger partial charge in [-0.15, -0.1) is 0 Å². The molecule has 1 unspecified atom stereocenters. The average molecular weight is 409 g/mol. The van der Waals surface area contributed by atoms with Crippen molar-refractivity contribution in [2.45, 2.75) is 26.2 Å². The zero-order chi connectivity index (χ0) is 21.5. The number of likely N-dealkylation sites (tertiary alicyclic amines) is 1. The summed E-state index contributed by atoms with van der Waals surface area (Å²) in [6.07, 6.45) is 3.37. The molecular weight excluding hydrogens is 376 g/mol. The van der Waals surface area contributed by atoms with Gasteiger partial charge in [0.1, 0.15) is 0 Å². The van der Waals surface area contributed by atoms with E-state index in [2.05, 4.69) is 36.1 Å². The predicted molar refractivity (Wildman–Crippen MR) is 119 cm³/mol. The number of ether oxygens (including phenoxy) is 1. The molecule has 30 heavy (non-hydrogen) atoms. The van der Waals surface area contributed by atoms with Crippen LogP contribution in [0.5, 0.6) is 0 Å². The van der Waals surface area contributed by atoms with Crippen LogP contribution in [0.25, 0.3) is 0 Å². The number of amides is 1. The minimum Gasteiger partial charge on any atom is -0.465 e. The molecule has 0 aliphatic carbocycles. The number of hydrogen-bond donors (Lipinski definition) is 0. The topological polar surface area (TPSA) is 49.9 Å². The maximum Gasteiger partial charge on any atom is 0.337 e.